The van der Waals surface area contributed by atoms with E-state index in [1.807, 2.05) is 51.1 Å². The molecule has 0 fully saturated rings. The molecule has 0 bridgehead atoms. The lowest BCUT2D eigenvalue weighted by Crippen LogP contribution is -2.32. The maximum absolute atomic E-state index is 12.3. The van der Waals surface area contributed by atoms with Crippen LogP contribution >= 0.6 is 11.3 Å². The molecule has 0 aliphatic carbocycles. The number of nitriles is 1. The van der Waals surface area contributed by atoms with Crippen molar-refractivity contribution >= 4 is 34.1 Å². The van der Waals surface area contributed by atoms with Gasteiger partial charge in [0.15, 0.2) is 0 Å². The average Bonchev–Trinajstić information content (AvgIpc) is 3.11. The van der Waals surface area contributed by atoms with Crippen LogP contribution in [-0.2, 0) is 4.79 Å². The predicted octanol–water partition coefficient (Wildman–Crippen LogP) is 5.64. The van der Waals surface area contributed by atoms with E-state index in [0.717, 1.165) is 16.0 Å². The molecule has 1 amide bonds. The lowest BCUT2D eigenvalue weighted by atomic mass is 9.97. The van der Waals surface area contributed by atoms with Gasteiger partial charge in [0.25, 0.3) is 5.91 Å². The summed E-state index contributed by atoms with van der Waals surface area (Å²) in [6.45, 7) is 6.65. The second kappa shape index (κ2) is 7.77. The van der Waals surface area contributed by atoms with Crippen molar-refractivity contribution in [1.29, 1.82) is 5.26 Å². The summed E-state index contributed by atoms with van der Waals surface area (Å²) in [6, 6.07) is 18.6. The maximum Gasteiger partial charge on any atom is 0.262 e. The van der Waals surface area contributed by atoms with Crippen LogP contribution in [-0.4, -0.2) is 12.5 Å². The molecule has 0 spiro atoms. The van der Waals surface area contributed by atoms with E-state index in [-0.39, 0.29) is 16.9 Å². The van der Waals surface area contributed by atoms with Gasteiger partial charge >= 0.3 is 0 Å². The third kappa shape index (κ3) is 4.64. The van der Waals surface area contributed by atoms with Crippen molar-refractivity contribution in [3.05, 3.63) is 64.4 Å². The van der Waals surface area contributed by atoms with E-state index in [4.69, 9.17) is 0 Å². The topological polar surface area (TPSA) is 52.9 Å². The van der Waals surface area contributed by atoms with Crippen LogP contribution in [0.15, 0.2) is 59.5 Å². The molecule has 0 saturated carbocycles. The van der Waals surface area contributed by atoms with Gasteiger partial charge in [-0.15, -0.1) is 11.3 Å². The van der Waals surface area contributed by atoms with Gasteiger partial charge < -0.3 is 5.32 Å². The molecule has 136 valence electrons. The number of benzene rings is 2. The fourth-order valence-corrected chi connectivity index (χ4v) is 3.62. The Labute approximate surface area is 164 Å². The number of carbonyl (C=O) groups excluding carboxylic acids is 1. The van der Waals surface area contributed by atoms with Crippen molar-refractivity contribution in [2.24, 2.45) is 5.41 Å². The van der Waals surface area contributed by atoms with Gasteiger partial charge in [-0.25, -0.2) is 0 Å². The van der Waals surface area contributed by atoms with E-state index >= 15 is 0 Å². The summed E-state index contributed by atoms with van der Waals surface area (Å²) >= 11 is 1.53. The zero-order valence-corrected chi connectivity index (χ0v) is 16.6. The van der Waals surface area contributed by atoms with E-state index in [2.05, 4.69) is 35.0 Å². The highest BCUT2D eigenvalue weighted by Gasteiger charge is 2.15. The third-order valence-electron chi connectivity index (χ3n) is 4.15. The van der Waals surface area contributed by atoms with Gasteiger partial charge in [-0.05, 0) is 44.8 Å². The number of fused-ring (bicyclic) bond motifs is 1. The second-order valence-corrected chi connectivity index (χ2v) is 8.62. The normalized spacial score (nSPS) is 12.0. The van der Waals surface area contributed by atoms with Crippen molar-refractivity contribution in [1.82, 2.24) is 5.32 Å². The molecule has 4 heteroatoms. The lowest BCUT2D eigenvalue weighted by molar-refractivity contribution is -0.117. The zero-order chi connectivity index (χ0) is 19.4. The number of hydrogen-bond acceptors (Lipinski definition) is 3. The summed E-state index contributed by atoms with van der Waals surface area (Å²) in [6.07, 6.45) is 1.66. The van der Waals surface area contributed by atoms with Crippen molar-refractivity contribution < 1.29 is 4.79 Å². The number of carbonyl (C=O) groups is 1. The molecule has 1 heterocycles. The number of thiophene rings is 1. The van der Waals surface area contributed by atoms with Crippen molar-refractivity contribution in [2.45, 2.75) is 20.8 Å². The summed E-state index contributed by atoms with van der Waals surface area (Å²) in [5, 5.41) is 16.7. The van der Waals surface area contributed by atoms with Crippen LogP contribution in [0.4, 0.5) is 0 Å². The summed E-state index contributed by atoms with van der Waals surface area (Å²) in [7, 11) is 0. The first-order valence-electron chi connectivity index (χ1n) is 8.84. The fourth-order valence-electron chi connectivity index (χ4n) is 2.78. The van der Waals surface area contributed by atoms with Crippen LogP contribution in [0.5, 0.6) is 0 Å². The Morgan fingerprint density at radius 2 is 1.93 bits per heavy atom. The quantitative estimate of drug-likeness (QED) is 0.475. The minimum Gasteiger partial charge on any atom is -0.351 e. The third-order valence-corrected chi connectivity index (χ3v) is 5.03. The molecule has 0 unspecified atom stereocenters. The highest BCUT2D eigenvalue weighted by Crippen LogP contribution is 2.32. The molecular formula is C23H22N2OS. The smallest absolute Gasteiger partial charge is 0.262 e. The number of rotatable bonds is 4. The molecule has 0 saturated heterocycles. The largest absolute Gasteiger partial charge is 0.351 e. The minimum absolute atomic E-state index is 0.0271. The zero-order valence-electron chi connectivity index (χ0n) is 15.7. The van der Waals surface area contributed by atoms with Gasteiger partial charge in [0.05, 0.1) is 0 Å². The van der Waals surface area contributed by atoms with Crippen LogP contribution in [0.3, 0.4) is 0 Å². The SMILES string of the molecule is CC(C)(C)CNC(=O)/C(C#N)=C/c1cc(-c2cccc3ccccc23)cs1. The Morgan fingerprint density at radius 1 is 1.19 bits per heavy atom. The Hall–Kier alpha value is -2.90. The summed E-state index contributed by atoms with van der Waals surface area (Å²) in [5.74, 6) is -0.326. The van der Waals surface area contributed by atoms with E-state index < -0.39 is 0 Å². The second-order valence-electron chi connectivity index (χ2n) is 7.68. The van der Waals surface area contributed by atoms with E-state index in [0.29, 0.717) is 6.54 Å². The summed E-state index contributed by atoms with van der Waals surface area (Å²) < 4.78 is 0. The van der Waals surface area contributed by atoms with Crippen molar-refractivity contribution in [2.75, 3.05) is 6.54 Å². The molecule has 3 aromatic rings. The number of nitrogens with one attached hydrogen (secondary N) is 1. The summed E-state index contributed by atoms with van der Waals surface area (Å²) in [4.78, 5) is 13.2. The molecule has 0 aliphatic heterocycles. The molecule has 3 rings (SSSR count). The molecule has 1 N–H and O–H groups in total. The Morgan fingerprint density at radius 3 is 2.67 bits per heavy atom. The molecule has 0 atom stereocenters. The Kier molecular flexibility index (Phi) is 5.43. The van der Waals surface area contributed by atoms with E-state index in [9.17, 15) is 10.1 Å². The van der Waals surface area contributed by atoms with Gasteiger partial charge in [0.1, 0.15) is 11.6 Å². The minimum atomic E-state index is -0.326. The van der Waals surface area contributed by atoms with E-state index in [1.165, 1.54) is 22.1 Å². The maximum atomic E-state index is 12.3. The Bertz CT molecular complexity index is 1040. The average molecular weight is 375 g/mol. The number of hydrogen-bond donors (Lipinski definition) is 1. The van der Waals surface area contributed by atoms with Crippen LogP contribution < -0.4 is 5.32 Å². The van der Waals surface area contributed by atoms with Crippen LogP contribution in [0.1, 0.15) is 25.6 Å². The van der Waals surface area contributed by atoms with Crippen molar-refractivity contribution in [3.63, 3.8) is 0 Å². The number of amides is 1. The summed E-state index contributed by atoms with van der Waals surface area (Å²) in [5.41, 5.74) is 2.35. The Balaban J connectivity index is 1.87. The molecular weight excluding hydrogens is 352 g/mol. The predicted molar refractivity (Wildman–Crippen MR) is 113 cm³/mol. The molecule has 0 radical (unpaired) electrons. The van der Waals surface area contributed by atoms with Gasteiger partial charge in [0, 0.05) is 11.4 Å². The van der Waals surface area contributed by atoms with Crippen LogP contribution in [0.2, 0.25) is 0 Å². The molecule has 27 heavy (non-hydrogen) atoms. The fraction of sp³-hybridized carbons (Fsp3) is 0.217. The first-order valence-corrected chi connectivity index (χ1v) is 9.72. The molecule has 0 aliphatic rings. The van der Waals surface area contributed by atoms with Crippen LogP contribution in [0.25, 0.3) is 28.0 Å². The molecule has 2 aromatic carbocycles. The van der Waals surface area contributed by atoms with Crippen molar-refractivity contribution in [3.8, 4) is 17.2 Å². The first-order chi connectivity index (χ1) is 12.9. The molecule has 1 aromatic heterocycles. The van der Waals surface area contributed by atoms with Crippen LogP contribution in [0, 0.1) is 16.7 Å². The molecule has 3 nitrogen and oxygen atoms in total. The number of nitrogens with zero attached hydrogens (tertiary/aromatic N) is 1. The first kappa shape index (κ1) is 18.9. The van der Waals surface area contributed by atoms with E-state index in [1.54, 1.807) is 6.08 Å². The van der Waals surface area contributed by atoms with Gasteiger partial charge in [-0.2, -0.15) is 5.26 Å². The highest BCUT2D eigenvalue weighted by atomic mass is 32.1. The standard InChI is InChI=1S/C23H22N2OS/c1-23(2,3)15-25-22(26)17(13-24)11-19-12-18(14-27-19)21-10-6-8-16-7-4-5-9-20(16)21/h4-12,14H,15H2,1-3H3,(H,25,26)/b17-11+. The highest BCUT2D eigenvalue weighted by molar-refractivity contribution is 7.11. The monoisotopic (exact) mass is 374 g/mol. The lowest BCUT2D eigenvalue weighted by Gasteiger charge is -2.18. The van der Waals surface area contributed by atoms with Gasteiger partial charge in [-0.3, -0.25) is 4.79 Å². The van der Waals surface area contributed by atoms with Gasteiger partial charge in [-0.1, -0.05) is 63.2 Å². The van der Waals surface area contributed by atoms with Gasteiger partial charge in [0.2, 0.25) is 0 Å².